The minimum absolute atomic E-state index is 0.620. The van der Waals surface area contributed by atoms with Gasteiger partial charge in [0.25, 0.3) is 0 Å². The van der Waals surface area contributed by atoms with E-state index in [0.717, 1.165) is 19.7 Å². The van der Waals surface area contributed by atoms with E-state index in [9.17, 15) is 0 Å². The summed E-state index contributed by atoms with van der Waals surface area (Å²) >= 11 is 0. The van der Waals surface area contributed by atoms with Gasteiger partial charge in [-0.1, -0.05) is 0 Å². The molecule has 3 nitrogen and oxygen atoms in total. The second-order valence-electron chi connectivity index (χ2n) is 4.32. The Morgan fingerprint density at radius 1 is 1.50 bits per heavy atom. The zero-order chi connectivity index (χ0) is 10.4. The predicted molar refractivity (Wildman–Crippen MR) is 59.6 cm³/mol. The largest absolute Gasteiger partial charge is 0.383 e. The van der Waals surface area contributed by atoms with Crippen molar-refractivity contribution in [3.63, 3.8) is 0 Å². The van der Waals surface area contributed by atoms with Gasteiger partial charge in [-0.25, -0.2) is 0 Å². The van der Waals surface area contributed by atoms with Gasteiger partial charge in [-0.3, -0.25) is 4.90 Å². The van der Waals surface area contributed by atoms with E-state index in [-0.39, 0.29) is 0 Å². The molecule has 0 bridgehead atoms. The zero-order valence-electron chi connectivity index (χ0n) is 9.75. The first-order chi connectivity index (χ1) is 6.75. The highest BCUT2D eigenvalue weighted by molar-refractivity contribution is 4.80. The van der Waals surface area contributed by atoms with Crippen molar-refractivity contribution in [2.45, 2.75) is 38.8 Å². The molecule has 0 saturated carbocycles. The molecule has 14 heavy (non-hydrogen) atoms. The summed E-state index contributed by atoms with van der Waals surface area (Å²) in [7, 11) is 1.78. The summed E-state index contributed by atoms with van der Waals surface area (Å²) < 4.78 is 5.15. The number of nitrogens with one attached hydrogen (secondary N) is 1. The van der Waals surface area contributed by atoms with Crippen LogP contribution in [0.1, 0.15) is 26.7 Å². The van der Waals surface area contributed by atoms with Crippen LogP contribution in [0.3, 0.4) is 0 Å². The maximum atomic E-state index is 5.15. The fourth-order valence-corrected chi connectivity index (χ4v) is 2.18. The van der Waals surface area contributed by atoms with E-state index in [1.54, 1.807) is 7.11 Å². The van der Waals surface area contributed by atoms with E-state index in [1.165, 1.54) is 19.4 Å². The number of hydrogen-bond donors (Lipinski definition) is 1. The van der Waals surface area contributed by atoms with Gasteiger partial charge >= 0.3 is 0 Å². The number of methoxy groups -OCH3 is 1. The maximum absolute atomic E-state index is 5.15. The van der Waals surface area contributed by atoms with Crippen molar-refractivity contribution in [1.29, 1.82) is 0 Å². The summed E-state index contributed by atoms with van der Waals surface area (Å²) in [5, 5.41) is 3.46. The smallest absolute Gasteiger partial charge is 0.0589 e. The predicted octanol–water partition coefficient (Wildman–Crippen LogP) is 1.10. The second-order valence-corrected chi connectivity index (χ2v) is 4.32. The van der Waals surface area contributed by atoms with Gasteiger partial charge in [0.15, 0.2) is 0 Å². The van der Waals surface area contributed by atoms with E-state index < -0.39 is 0 Å². The van der Waals surface area contributed by atoms with Gasteiger partial charge in [0, 0.05) is 32.3 Å². The second kappa shape index (κ2) is 6.38. The van der Waals surface area contributed by atoms with Gasteiger partial charge in [0.1, 0.15) is 0 Å². The van der Waals surface area contributed by atoms with Crippen molar-refractivity contribution in [2.24, 2.45) is 0 Å². The monoisotopic (exact) mass is 200 g/mol. The summed E-state index contributed by atoms with van der Waals surface area (Å²) in [4.78, 5) is 2.55. The number of piperidine rings is 1. The van der Waals surface area contributed by atoms with Crippen molar-refractivity contribution in [3.05, 3.63) is 0 Å². The van der Waals surface area contributed by atoms with Crippen molar-refractivity contribution in [1.82, 2.24) is 10.2 Å². The van der Waals surface area contributed by atoms with Crippen LogP contribution >= 0.6 is 0 Å². The van der Waals surface area contributed by atoms with Crippen LogP contribution in [-0.4, -0.2) is 50.3 Å². The highest BCUT2D eigenvalue weighted by Crippen LogP contribution is 2.13. The molecule has 1 unspecified atom stereocenters. The molecule has 1 heterocycles. The Morgan fingerprint density at radius 3 is 2.79 bits per heavy atom. The minimum atomic E-state index is 0.620. The van der Waals surface area contributed by atoms with E-state index >= 15 is 0 Å². The van der Waals surface area contributed by atoms with E-state index in [4.69, 9.17) is 4.74 Å². The van der Waals surface area contributed by atoms with E-state index in [0.29, 0.717) is 12.1 Å². The fourth-order valence-electron chi connectivity index (χ4n) is 2.18. The van der Waals surface area contributed by atoms with Crippen LogP contribution in [0.5, 0.6) is 0 Å². The Hall–Kier alpha value is -0.120. The van der Waals surface area contributed by atoms with Gasteiger partial charge in [-0.15, -0.1) is 0 Å². The summed E-state index contributed by atoms with van der Waals surface area (Å²) in [6, 6.07) is 1.33. The first-order valence-corrected chi connectivity index (χ1v) is 5.71. The quantitative estimate of drug-likeness (QED) is 0.719. The molecule has 0 radical (unpaired) electrons. The Bertz CT molecular complexity index is 144. The summed E-state index contributed by atoms with van der Waals surface area (Å²) in [6.07, 6.45) is 2.63. The molecule has 1 rings (SSSR count). The molecule has 0 aromatic carbocycles. The number of hydrogen-bond acceptors (Lipinski definition) is 3. The van der Waals surface area contributed by atoms with Gasteiger partial charge in [-0.05, 0) is 33.2 Å². The normalized spacial score (nSPS) is 23.4. The minimum Gasteiger partial charge on any atom is -0.383 e. The van der Waals surface area contributed by atoms with Gasteiger partial charge in [-0.2, -0.15) is 0 Å². The Balaban J connectivity index is 2.39. The standard InChI is InChI=1S/C11H24N2O/c1-10(2)13(7-8-14-3)11-5-4-6-12-9-11/h10-12H,4-9H2,1-3H3. The molecule has 0 aromatic rings. The molecule has 3 heteroatoms. The third-order valence-corrected chi connectivity index (χ3v) is 2.96. The number of nitrogens with zero attached hydrogens (tertiary/aromatic N) is 1. The van der Waals surface area contributed by atoms with Gasteiger partial charge in [0.05, 0.1) is 6.61 Å². The molecule has 84 valence electrons. The van der Waals surface area contributed by atoms with E-state index in [2.05, 4.69) is 24.1 Å². The lowest BCUT2D eigenvalue weighted by molar-refractivity contribution is 0.0840. The fraction of sp³-hybridized carbons (Fsp3) is 1.00. The molecular formula is C11H24N2O. The van der Waals surface area contributed by atoms with Crippen LogP contribution in [0.2, 0.25) is 0 Å². The molecular weight excluding hydrogens is 176 g/mol. The molecule has 1 fully saturated rings. The molecule has 1 saturated heterocycles. The lowest BCUT2D eigenvalue weighted by Crippen LogP contribution is -2.49. The molecule has 0 amide bonds. The SMILES string of the molecule is COCCN(C(C)C)C1CCCNC1. The van der Waals surface area contributed by atoms with Crippen LogP contribution in [0.4, 0.5) is 0 Å². The number of ether oxygens (including phenoxy) is 1. The first-order valence-electron chi connectivity index (χ1n) is 5.71. The van der Waals surface area contributed by atoms with Crippen LogP contribution in [0.15, 0.2) is 0 Å². The Morgan fingerprint density at radius 2 is 2.29 bits per heavy atom. The number of rotatable bonds is 5. The Kier molecular flexibility index (Phi) is 5.45. The van der Waals surface area contributed by atoms with Crippen molar-refractivity contribution < 1.29 is 4.74 Å². The summed E-state index contributed by atoms with van der Waals surface area (Å²) in [5.41, 5.74) is 0. The third kappa shape index (κ3) is 3.56. The van der Waals surface area contributed by atoms with E-state index in [1.807, 2.05) is 0 Å². The topological polar surface area (TPSA) is 24.5 Å². The average Bonchev–Trinajstić information content (AvgIpc) is 2.19. The van der Waals surface area contributed by atoms with Crippen LogP contribution < -0.4 is 5.32 Å². The van der Waals surface area contributed by atoms with Crippen LogP contribution in [0.25, 0.3) is 0 Å². The van der Waals surface area contributed by atoms with Crippen LogP contribution in [-0.2, 0) is 4.74 Å². The zero-order valence-corrected chi connectivity index (χ0v) is 9.75. The summed E-state index contributed by atoms with van der Waals surface area (Å²) in [6.45, 7) is 8.76. The molecule has 0 aliphatic carbocycles. The molecule has 0 aromatic heterocycles. The summed E-state index contributed by atoms with van der Waals surface area (Å²) in [5.74, 6) is 0. The van der Waals surface area contributed by atoms with Crippen LogP contribution in [0, 0.1) is 0 Å². The molecule has 1 atom stereocenters. The first kappa shape index (κ1) is 12.0. The lowest BCUT2D eigenvalue weighted by Gasteiger charge is -2.37. The molecule has 0 spiro atoms. The highest BCUT2D eigenvalue weighted by Gasteiger charge is 2.22. The van der Waals surface area contributed by atoms with Gasteiger partial charge < -0.3 is 10.1 Å². The Labute approximate surface area is 87.8 Å². The molecule has 1 aliphatic rings. The van der Waals surface area contributed by atoms with Crippen molar-refractivity contribution >= 4 is 0 Å². The average molecular weight is 200 g/mol. The highest BCUT2D eigenvalue weighted by atomic mass is 16.5. The van der Waals surface area contributed by atoms with Crippen molar-refractivity contribution in [2.75, 3.05) is 33.4 Å². The van der Waals surface area contributed by atoms with Gasteiger partial charge in [0.2, 0.25) is 0 Å². The molecule has 1 aliphatic heterocycles. The third-order valence-electron chi connectivity index (χ3n) is 2.96. The lowest BCUT2D eigenvalue weighted by atomic mass is 10.0. The molecule has 1 N–H and O–H groups in total. The van der Waals surface area contributed by atoms with Crippen molar-refractivity contribution in [3.8, 4) is 0 Å². The maximum Gasteiger partial charge on any atom is 0.0589 e.